The summed E-state index contributed by atoms with van der Waals surface area (Å²) in [6.45, 7) is 42.3. The molecular formula is C26H54N2Si5. The van der Waals surface area contributed by atoms with Crippen molar-refractivity contribution in [2.75, 3.05) is 0 Å². The standard InChI is InChI=1S/C26H54N2Si5/c1-19-20(2)22(4)26(7,21(19)3)29(25-27(8)23(5)24(6)28(25)9)33(30(10,11)12,31(13,14)15)32(16,17)18/h1-18H3. The Labute approximate surface area is 211 Å². The molecule has 0 unspecified atom stereocenters. The molecule has 1 aliphatic rings. The molecule has 0 saturated carbocycles. The highest BCUT2D eigenvalue weighted by atomic mass is 30.2. The van der Waals surface area contributed by atoms with E-state index in [4.69, 9.17) is 0 Å². The lowest BCUT2D eigenvalue weighted by Gasteiger charge is -2.72. The number of nitrogens with zero attached hydrogens (tertiary/aromatic N) is 2. The molecule has 2 rings (SSSR count). The maximum Gasteiger partial charge on any atom is 0.139 e. The fraction of sp³-hybridized carbons (Fsp3) is 0.731. The normalized spacial score (nSPS) is 18.0. The second-order valence-electron chi connectivity index (χ2n) is 14.1. The summed E-state index contributed by atoms with van der Waals surface area (Å²) >= 11 is 0. The summed E-state index contributed by atoms with van der Waals surface area (Å²) in [4.78, 5) is 0. The molecule has 0 atom stereocenters. The molecule has 0 fully saturated rings. The highest BCUT2D eigenvalue weighted by Gasteiger charge is 2.63. The van der Waals surface area contributed by atoms with E-state index in [0.717, 1.165) is 0 Å². The summed E-state index contributed by atoms with van der Waals surface area (Å²) in [6, 6.07) is 0. The lowest BCUT2D eigenvalue weighted by molar-refractivity contribution is -0.659. The first-order chi connectivity index (χ1) is 14.5. The van der Waals surface area contributed by atoms with Crippen molar-refractivity contribution in [3.8, 4) is 0 Å². The zero-order chi connectivity index (χ0) is 26.3. The molecular weight excluding hydrogens is 481 g/mol. The third-order valence-corrected chi connectivity index (χ3v) is 112. The van der Waals surface area contributed by atoms with Gasteiger partial charge in [-0.2, -0.15) is 8.31 Å². The van der Waals surface area contributed by atoms with E-state index in [9.17, 15) is 0 Å². The molecule has 0 saturated heterocycles. The summed E-state index contributed by atoms with van der Waals surface area (Å²) in [6.07, 6.45) is -1.71. The van der Waals surface area contributed by atoms with Crippen LogP contribution in [0.2, 0.25) is 64.0 Å². The highest BCUT2D eigenvalue weighted by Crippen LogP contribution is 2.58. The van der Waals surface area contributed by atoms with Crippen LogP contribution in [0.25, 0.3) is 0 Å². The minimum atomic E-state index is -1.71. The molecule has 0 spiro atoms. The van der Waals surface area contributed by atoms with Crippen molar-refractivity contribution in [2.45, 2.75) is 112 Å². The van der Waals surface area contributed by atoms with E-state index in [-0.39, 0.29) is 5.04 Å². The molecule has 33 heavy (non-hydrogen) atoms. The van der Waals surface area contributed by atoms with Gasteiger partial charge in [-0.05, 0) is 27.7 Å². The van der Waals surface area contributed by atoms with Crippen molar-refractivity contribution in [1.82, 2.24) is 4.57 Å². The Morgan fingerprint density at radius 3 is 1.27 bits per heavy atom. The molecule has 1 aromatic rings. The van der Waals surface area contributed by atoms with Gasteiger partial charge in [-0.15, -0.1) is 0 Å². The van der Waals surface area contributed by atoms with E-state index in [2.05, 4.69) is 131 Å². The molecule has 7 heteroatoms. The van der Waals surface area contributed by atoms with Crippen LogP contribution < -0.4 is 10.0 Å². The molecule has 0 aromatic carbocycles. The maximum atomic E-state index is 2.79. The first-order valence-electron chi connectivity index (χ1n) is 12.8. The summed E-state index contributed by atoms with van der Waals surface area (Å²) in [7, 11) is -0.656. The van der Waals surface area contributed by atoms with Crippen LogP contribution in [0.3, 0.4) is 0 Å². The van der Waals surface area contributed by atoms with Crippen molar-refractivity contribution in [1.29, 1.82) is 0 Å². The van der Waals surface area contributed by atoms with Crippen LogP contribution in [-0.2, 0) is 14.1 Å². The molecule has 0 N–H and O–H groups in total. The zero-order valence-electron chi connectivity index (χ0n) is 25.4. The molecule has 0 bridgehead atoms. The summed E-state index contributed by atoms with van der Waals surface area (Å²) in [5.74, 6) is 0. The molecule has 1 heterocycles. The second kappa shape index (κ2) is 8.42. The predicted molar refractivity (Wildman–Crippen MR) is 162 cm³/mol. The number of aromatic nitrogens is 2. The van der Waals surface area contributed by atoms with Gasteiger partial charge in [0.15, 0.2) is 0 Å². The van der Waals surface area contributed by atoms with E-state index in [1.807, 2.05) is 0 Å². The van der Waals surface area contributed by atoms with Gasteiger partial charge in [0.25, 0.3) is 0 Å². The Morgan fingerprint density at radius 1 is 0.697 bits per heavy atom. The molecule has 2 nitrogen and oxygen atoms in total. The SMILES string of the molecule is CC1=C(C)C(C)([Si-](c2n(C)c(C)c(C)[n+]2C)[Si]([Si](C)(C)C)([Si](C)(C)C)[Si](C)(C)C)C(C)=C1C. The quantitative estimate of drug-likeness (QED) is 0.295. The van der Waals surface area contributed by atoms with E-state index in [1.54, 1.807) is 27.7 Å². The number of imidazole rings is 1. The number of allylic oxidation sites excluding steroid dienone is 4. The highest BCUT2D eigenvalue weighted by molar-refractivity contribution is 8.05. The van der Waals surface area contributed by atoms with Gasteiger partial charge >= 0.3 is 0 Å². The molecule has 0 amide bonds. The zero-order valence-corrected chi connectivity index (χ0v) is 30.4. The molecule has 188 valence electrons. The topological polar surface area (TPSA) is 8.81 Å². The van der Waals surface area contributed by atoms with Crippen molar-refractivity contribution in [3.63, 3.8) is 0 Å². The fourth-order valence-electron chi connectivity index (χ4n) is 8.60. The van der Waals surface area contributed by atoms with Crippen LogP contribution in [0.4, 0.5) is 0 Å². The first kappa shape index (κ1) is 29.0. The Hall–Kier alpha value is -0.226. The van der Waals surface area contributed by atoms with Crippen LogP contribution in [0.15, 0.2) is 22.3 Å². The van der Waals surface area contributed by atoms with Gasteiger partial charge in [0, 0.05) is 36.6 Å². The Morgan fingerprint density at radius 2 is 1.03 bits per heavy atom. The fourth-order valence-corrected chi connectivity index (χ4v) is 144. The Kier molecular flexibility index (Phi) is 7.40. The molecule has 1 aliphatic carbocycles. The predicted octanol–water partition coefficient (Wildman–Crippen LogP) is 6.39. The number of hydrogen-bond donors (Lipinski definition) is 0. The van der Waals surface area contributed by atoms with Gasteiger partial charge in [-0.3, -0.25) is 9.13 Å². The number of rotatable bonds is 6. The van der Waals surface area contributed by atoms with E-state index in [0.29, 0.717) is 0 Å². The maximum absolute atomic E-state index is 2.79. The second-order valence-corrected chi connectivity index (χ2v) is 64.3. The van der Waals surface area contributed by atoms with Gasteiger partial charge < -0.3 is 0 Å². The van der Waals surface area contributed by atoms with Crippen molar-refractivity contribution < 1.29 is 4.57 Å². The first-order valence-corrected chi connectivity index (χ1v) is 30.8. The summed E-state index contributed by atoms with van der Waals surface area (Å²) in [5, 5.41) is 0.203. The van der Waals surface area contributed by atoms with Gasteiger partial charge in [-0.1, -0.05) is 99.3 Å². The average molecular weight is 535 g/mol. The van der Waals surface area contributed by atoms with Crippen LogP contribution >= 0.6 is 0 Å². The monoisotopic (exact) mass is 534 g/mol. The minimum absolute atomic E-state index is 0.203. The van der Waals surface area contributed by atoms with Crippen molar-refractivity contribution >= 4 is 42.7 Å². The van der Waals surface area contributed by atoms with Gasteiger partial charge in [0.1, 0.15) is 11.4 Å². The third-order valence-electron chi connectivity index (χ3n) is 9.83. The summed E-state index contributed by atoms with van der Waals surface area (Å²) in [5.41, 5.74) is 11.2. The van der Waals surface area contributed by atoms with Gasteiger partial charge in [0.05, 0.1) is 19.5 Å². The average Bonchev–Trinajstić information content (AvgIpc) is 2.90. The van der Waals surface area contributed by atoms with Crippen LogP contribution in [0.5, 0.6) is 0 Å². The molecule has 0 radical (unpaired) electrons. The van der Waals surface area contributed by atoms with Gasteiger partial charge in [0.2, 0.25) is 0 Å². The van der Waals surface area contributed by atoms with Crippen LogP contribution in [0.1, 0.15) is 46.0 Å². The summed E-state index contributed by atoms with van der Waals surface area (Å²) < 4.78 is 5.31. The minimum Gasteiger partial charge on any atom is -0.267 e. The Balaban J connectivity index is 3.33. The molecule has 0 aliphatic heterocycles. The lowest BCUT2D eigenvalue weighted by Crippen LogP contribution is -2.94. The largest absolute Gasteiger partial charge is 0.267 e. The Bertz CT molecular complexity index is 938. The molecule has 1 aromatic heterocycles. The van der Waals surface area contributed by atoms with E-state index >= 15 is 0 Å². The number of hydrogen-bond acceptors (Lipinski definition) is 0. The van der Waals surface area contributed by atoms with E-state index in [1.165, 1.54) is 11.4 Å². The van der Waals surface area contributed by atoms with Crippen LogP contribution in [0, 0.1) is 13.8 Å². The lowest BCUT2D eigenvalue weighted by atomic mass is 9.98. The van der Waals surface area contributed by atoms with Crippen LogP contribution in [-0.4, -0.2) is 41.8 Å². The van der Waals surface area contributed by atoms with E-state index < -0.39 is 37.2 Å². The smallest absolute Gasteiger partial charge is 0.139 e. The van der Waals surface area contributed by atoms with Crippen molar-refractivity contribution in [2.24, 2.45) is 14.1 Å². The van der Waals surface area contributed by atoms with Gasteiger partial charge in [-0.25, -0.2) is 0 Å². The van der Waals surface area contributed by atoms with Crippen molar-refractivity contribution in [3.05, 3.63) is 33.7 Å². The third kappa shape index (κ3) is 3.74.